The number of rotatable bonds is 4. The Morgan fingerprint density at radius 2 is 2.25 bits per heavy atom. The van der Waals surface area contributed by atoms with E-state index in [1.54, 1.807) is 34.9 Å². The Labute approximate surface area is 122 Å². The summed E-state index contributed by atoms with van der Waals surface area (Å²) in [6.07, 6.45) is 2.76. The molecule has 108 valence electrons. The third-order valence-electron chi connectivity index (χ3n) is 3.26. The Morgan fingerprint density at radius 1 is 1.50 bits per heavy atom. The lowest BCUT2D eigenvalue weighted by Crippen LogP contribution is -2.44. The molecule has 1 aromatic carbocycles. The predicted molar refractivity (Wildman–Crippen MR) is 80.8 cm³/mol. The molecule has 1 aromatic rings. The number of carboxylic acid groups (broad SMARTS) is 1. The summed E-state index contributed by atoms with van der Waals surface area (Å²) < 4.78 is 0. The molecule has 1 aliphatic rings. The van der Waals surface area contributed by atoms with Gasteiger partial charge in [0.15, 0.2) is 0 Å². The molecule has 1 aliphatic heterocycles. The molecule has 0 saturated carbocycles. The van der Waals surface area contributed by atoms with Crippen molar-refractivity contribution >= 4 is 29.4 Å². The largest absolute Gasteiger partial charge is 0.478 e. The minimum absolute atomic E-state index is 0.0872. The zero-order valence-corrected chi connectivity index (χ0v) is 12.4. The smallest absolute Gasteiger partial charge is 0.335 e. The summed E-state index contributed by atoms with van der Waals surface area (Å²) in [4.78, 5) is 24.9. The molecule has 0 fully saturated rings. The monoisotopic (exact) mass is 294 g/mol. The Kier molecular flexibility index (Phi) is 4.54. The lowest BCUT2D eigenvalue weighted by Gasteiger charge is -2.21. The highest BCUT2D eigenvalue weighted by molar-refractivity contribution is 7.98. The number of hydrogen-bond acceptors (Lipinski definition) is 3. The van der Waals surface area contributed by atoms with Crippen molar-refractivity contribution in [2.45, 2.75) is 19.4 Å². The van der Waals surface area contributed by atoms with Gasteiger partial charge in [-0.25, -0.2) is 9.59 Å². The van der Waals surface area contributed by atoms with E-state index >= 15 is 0 Å². The van der Waals surface area contributed by atoms with E-state index in [-0.39, 0.29) is 17.6 Å². The van der Waals surface area contributed by atoms with Crippen molar-refractivity contribution in [1.82, 2.24) is 5.32 Å². The van der Waals surface area contributed by atoms with Gasteiger partial charge in [0, 0.05) is 24.0 Å². The molecule has 1 unspecified atom stereocenters. The van der Waals surface area contributed by atoms with Crippen LogP contribution in [0.25, 0.3) is 0 Å². The molecule has 0 bridgehead atoms. The number of carboxylic acids is 1. The Bertz CT molecular complexity index is 533. The number of nitrogens with one attached hydrogen (secondary N) is 1. The van der Waals surface area contributed by atoms with Gasteiger partial charge < -0.3 is 10.4 Å². The van der Waals surface area contributed by atoms with E-state index in [2.05, 4.69) is 5.32 Å². The number of carbonyl (C=O) groups excluding carboxylic acids is 1. The van der Waals surface area contributed by atoms with E-state index in [9.17, 15) is 9.59 Å². The summed E-state index contributed by atoms with van der Waals surface area (Å²) in [5.74, 6) is -0.127. The van der Waals surface area contributed by atoms with E-state index in [0.717, 1.165) is 17.7 Å². The van der Waals surface area contributed by atoms with Crippen LogP contribution in [0.15, 0.2) is 18.2 Å². The van der Waals surface area contributed by atoms with E-state index in [1.807, 2.05) is 13.2 Å². The SMILES string of the molecule is CSCC(C)NC(=O)N1CCc2ccc(C(=O)O)cc21. The Hall–Kier alpha value is -1.69. The quantitative estimate of drug-likeness (QED) is 0.893. The summed E-state index contributed by atoms with van der Waals surface area (Å²) in [6, 6.07) is 4.87. The lowest BCUT2D eigenvalue weighted by molar-refractivity contribution is 0.0697. The van der Waals surface area contributed by atoms with Crippen LogP contribution in [0.4, 0.5) is 10.5 Å². The van der Waals surface area contributed by atoms with Gasteiger partial charge in [-0.15, -0.1) is 0 Å². The Morgan fingerprint density at radius 3 is 2.90 bits per heavy atom. The van der Waals surface area contributed by atoms with E-state index in [1.165, 1.54) is 0 Å². The van der Waals surface area contributed by atoms with Gasteiger partial charge in [0.25, 0.3) is 0 Å². The molecular formula is C14H18N2O3S. The molecule has 2 amide bonds. The van der Waals surface area contributed by atoms with Gasteiger partial charge in [-0.2, -0.15) is 11.8 Å². The number of fused-ring (bicyclic) bond motifs is 1. The second kappa shape index (κ2) is 6.17. The predicted octanol–water partition coefficient (Wildman–Crippen LogP) is 2.21. The standard InChI is InChI=1S/C14H18N2O3S/c1-9(8-20-2)15-14(19)16-6-5-10-3-4-11(13(17)18)7-12(10)16/h3-4,7,9H,5-6,8H2,1-2H3,(H,15,19)(H,17,18). The van der Waals surface area contributed by atoms with Crippen molar-refractivity contribution < 1.29 is 14.7 Å². The highest BCUT2D eigenvalue weighted by Crippen LogP contribution is 2.29. The van der Waals surface area contributed by atoms with Gasteiger partial charge in [-0.1, -0.05) is 6.07 Å². The van der Waals surface area contributed by atoms with Crippen LogP contribution in [0.3, 0.4) is 0 Å². The van der Waals surface area contributed by atoms with Gasteiger partial charge in [0.2, 0.25) is 0 Å². The molecule has 0 aliphatic carbocycles. The Balaban J connectivity index is 2.16. The molecule has 5 nitrogen and oxygen atoms in total. The number of benzene rings is 1. The minimum atomic E-state index is -0.976. The van der Waals surface area contributed by atoms with Crippen molar-refractivity contribution in [3.63, 3.8) is 0 Å². The normalized spacial score (nSPS) is 14.8. The number of hydrogen-bond donors (Lipinski definition) is 2. The van der Waals surface area contributed by atoms with Crippen molar-refractivity contribution in [3.8, 4) is 0 Å². The first kappa shape index (κ1) is 14.7. The summed E-state index contributed by atoms with van der Waals surface area (Å²) in [5.41, 5.74) is 1.93. The van der Waals surface area contributed by atoms with E-state index in [0.29, 0.717) is 12.2 Å². The van der Waals surface area contributed by atoms with Crippen molar-refractivity contribution in [2.24, 2.45) is 0 Å². The van der Waals surface area contributed by atoms with Gasteiger partial charge in [-0.05, 0) is 37.3 Å². The van der Waals surface area contributed by atoms with Crippen LogP contribution in [0.2, 0.25) is 0 Å². The second-order valence-electron chi connectivity index (χ2n) is 4.86. The molecule has 0 radical (unpaired) electrons. The summed E-state index contributed by atoms with van der Waals surface area (Å²) >= 11 is 1.68. The highest BCUT2D eigenvalue weighted by Gasteiger charge is 2.26. The van der Waals surface area contributed by atoms with Crippen molar-refractivity contribution in [1.29, 1.82) is 0 Å². The second-order valence-corrected chi connectivity index (χ2v) is 5.77. The fourth-order valence-corrected chi connectivity index (χ4v) is 2.89. The maximum Gasteiger partial charge on any atom is 0.335 e. The molecule has 1 heterocycles. The molecule has 2 N–H and O–H groups in total. The number of urea groups is 1. The zero-order valence-electron chi connectivity index (χ0n) is 11.5. The third kappa shape index (κ3) is 3.07. The van der Waals surface area contributed by atoms with Gasteiger partial charge in [-0.3, -0.25) is 4.90 Å². The number of aromatic carboxylic acids is 1. The summed E-state index contributed by atoms with van der Waals surface area (Å²) in [5, 5.41) is 12.0. The van der Waals surface area contributed by atoms with E-state index in [4.69, 9.17) is 5.11 Å². The summed E-state index contributed by atoms with van der Waals surface area (Å²) in [7, 11) is 0. The van der Waals surface area contributed by atoms with E-state index < -0.39 is 5.97 Å². The molecule has 0 saturated heterocycles. The number of nitrogens with zero attached hydrogens (tertiary/aromatic N) is 1. The number of thioether (sulfide) groups is 1. The van der Waals surface area contributed by atoms with Crippen molar-refractivity contribution in [2.75, 3.05) is 23.5 Å². The molecule has 6 heteroatoms. The molecule has 1 atom stereocenters. The fraction of sp³-hybridized carbons (Fsp3) is 0.429. The number of amides is 2. The van der Waals surface area contributed by atoms with Crippen LogP contribution in [-0.2, 0) is 6.42 Å². The van der Waals surface area contributed by atoms with Gasteiger partial charge in [0.1, 0.15) is 0 Å². The maximum absolute atomic E-state index is 12.2. The molecular weight excluding hydrogens is 276 g/mol. The molecule has 20 heavy (non-hydrogen) atoms. The minimum Gasteiger partial charge on any atom is -0.478 e. The van der Waals surface area contributed by atoms with Crippen LogP contribution in [0, 0.1) is 0 Å². The highest BCUT2D eigenvalue weighted by atomic mass is 32.2. The van der Waals surface area contributed by atoms with Crippen molar-refractivity contribution in [3.05, 3.63) is 29.3 Å². The van der Waals surface area contributed by atoms with Gasteiger partial charge >= 0.3 is 12.0 Å². The molecule has 0 aromatic heterocycles. The average Bonchev–Trinajstić information content (AvgIpc) is 2.81. The lowest BCUT2D eigenvalue weighted by atomic mass is 10.1. The molecule has 0 spiro atoms. The third-order valence-corrected chi connectivity index (χ3v) is 4.09. The van der Waals surface area contributed by atoms with Gasteiger partial charge in [0.05, 0.1) is 5.56 Å². The van der Waals surface area contributed by atoms with Crippen LogP contribution in [0.5, 0.6) is 0 Å². The number of anilines is 1. The van der Waals surface area contributed by atoms with Crippen LogP contribution >= 0.6 is 11.8 Å². The first-order valence-corrected chi connectivity index (χ1v) is 7.85. The first-order chi connectivity index (χ1) is 9.52. The van der Waals surface area contributed by atoms with Crippen LogP contribution in [-0.4, -0.2) is 41.7 Å². The van der Waals surface area contributed by atoms with Crippen LogP contribution in [0.1, 0.15) is 22.8 Å². The summed E-state index contributed by atoms with van der Waals surface area (Å²) in [6.45, 7) is 2.55. The first-order valence-electron chi connectivity index (χ1n) is 6.46. The number of carbonyl (C=O) groups is 2. The zero-order chi connectivity index (χ0) is 14.7. The van der Waals surface area contributed by atoms with Crippen LogP contribution < -0.4 is 10.2 Å². The fourth-order valence-electron chi connectivity index (χ4n) is 2.30. The molecule has 2 rings (SSSR count). The average molecular weight is 294 g/mol. The maximum atomic E-state index is 12.2. The topological polar surface area (TPSA) is 69.6 Å².